The molecule has 1 saturated heterocycles. The molecule has 1 aliphatic rings. The zero-order chi connectivity index (χ0) is 17.3. The number of hydrogen-bond acceptors (Lipinski definition) is 6. The first kappa shape index (κ1) is 16.6. The van der Waals surface area contributed by atoms with E-state index in [0.29, 0.717) is 17.9 Å². The zero-order valence-electron chi connectivity index (χ0n) is 12.9. The van der Waals surface area contributed by atoms with Crippen LogP contribution in [0.4, 0.5) is 26.2 Å². The van der Waals surface area contributed by atoms with Crippen LogP contribution in [0.2, 0.25) is 0 Å². The maximum absolute atomic E-state index is 13.7. The number of halogens is 2. The van der Waals surface area contributed by atoms with Gasteiger partial charge in [-0.1, -0.05) is 0 Å². The quantitative estimate of drug-likeness (QED) is 0.877. The molecule has 1 fully saturated rings. The largest absolute Gasteiger partial charge is 0.366 e. The Balaban J connectivity index is 1.79. The highest BCUT2D eigenvalue weighted by atomic mass is 32.2. The third-order valence-electron chi connectivity index (χ3n) is 3.62. The van der Waals surface area contributed by atoms with Crippen LogP contribution in [0, 0.1) is 18.6 Å². The predicted octanol–water partition coefficient (Wildman–Crippen LogP) is 2.41. The number of hydrogen-bond donors (Lipinski definition) is 2. The van der Waals surface area contributed by atoms with E-state index in [0.717, 1.165) is 12.1 Å². The maximum Gasteiger partial charge on any atom is 0.229 e. The standard InChI is InChI=1S/C15H16F2N4O2S/c1-9-6-14(19-11-4-5-24(22,23)8-11)21-15(18-9)20-13-3-2-10(16)7-12(13)17/h2-3,6-7,11H,4-5,8H2,1H3,(H2,18,19,20,21). The Bertz CT molecular complexity index is 874. The van der Waals surface area contributed by atoms with Crippen LogP contribution in [0.15, 0.2) is 24.3 Å². The topological polar surface area (TPSA) is 84.0 Å². The van der Waals surface area contributed by atoms with E-state index in [1.54, 1.807) is 13.0 Å². The molecule has 1 aromatic heterocycles. The lowest BCUT2D eigenvalue weighted by atomic mass is 10.2. The summed E-state index contributed by atoms with van der Waals surface area (Å²) in [6.07, 6.45) is 0.515. The van der Waals surface area contributed by atoms with E-state index >= 15 is 0 Å². The van der Waals surface area contributed by atoms with Gasteiger partial charge in [0.1, 0.15) is 17.5 Å². The smallest absolute Gasteiger partial charge is 0.229 e. The fourth-order valence-corrected chi connectivity index (χ4v) is 4.20. The van der Waals surface area contributed by atoms with Gasteiger partial charge in [0.15, 0.2) is 9.84 Å². The summed E-state index contributed by atoms with van der Waals surface area (Å²) in [6.45, 7) is 1.74. The average Bonchev–Trinajstić information content (AvgIpc) is 2.80. The molecule has 0 radical (unpaired) electrons. The summed E-state index contributed by atoms with van der Waals surface area (Å²) >= 11 is 0. The van der Waals surface area contributed by atoms with Gasteiger partial charge >= 0.3 is 0 Å². The Morgan fingerprint density at radius 1 is 1.21 bits per heavy atom. The summed E-state index contributed by atoms with van der Waals surface area (Å²) in [6, 6.07) is 4.62. The Morgan fingerprint density at radius 3 is 2.67 bits per heavy atom. The number of benzene rings is 1. The van der Waals surface area contributed by atoms with Crippen LogP contribution in [0.25, 0.3) is 0 Å². The van der Waals surface area contributed by atoms with Crippen molar-refractivity contribution in [2.45, 2.75) is 19.4 Å². The molecule has 2 heterocycles. The van der Waals surface area contributed by atoms with Crippen LogP contribution in [-0.4, -0.2) is 35.9 Å². The van der Waals surface area contributed by atoms with Gasteiger partial charge in [-0.2, -0.15) is 4.98 Å². The van der Waals surface area contributed by atoms with E-state index in [4.69, 9.17) is 0 Å². The molecule has 2 N–H and O–H groups in total. The third-order valence-corrected chi connectivity index (χ3v) is 5.38. The fourth-order valence-electron chi connectivity index (χ4n) is 2.53. The monoisotopic (exact) mass is 354 g/mol. The number of rotatable bonds is 4. The van der Waals surface area contributed by atoms with Crippen LogP contribution < -0.4 is 10.6 Å². The van der Waals surface area contributed by atoms with Gasteiger partial charge in [-0.05, 0) is 25.5 Å². The van der Waals surface area contributed by atoms with E-state index in [1.807, 2.05) is 0 Å². The Morgan fingerprint density at radius 2 is 2.00 bits per heavy atom. The second-order valence-corrected chi connectivity index (χ2v) is 7.94. The zero-order valence-corrected chi connectivity index (χ0v) is 13.7. The van der Waals surface area contributed by atoms with Crippen LogP contribution >= 0.6 is 0 Å². The average molecular weight is 354 g/mol. The Hall–Kier alpha value is -2.29. The van der Waals surface area contributed by atoms with Crippen LogP contribution in [0.1, 0.15) is 12.1 Å². The van der Waals surface area contributed by atoms with Crippen molar-refractivity contribution in [2.75, 3.05) is 22.1 Å². The van der Waals surface area contributed by atoms with Crippen molar-refractivity contribution in [3.8, 4) is 0 Å². The summed E-state index contributed by atoms with van der Waals surface area (Å²) < 4.78 is 49.7. The van der Waals surface area contributed by atoms with Gasteiger partial charge in [0.05, 0.1) is 17.2 Å². The van der Waals surface area contributed by atoms with Gasteiger partial charge in [-0.25, -0.2) is 22.2 Å². The van der Waals surface area contributed by atoms with Crippen molar-refractivity contribution in [1.29, 1.82) is 0 Å². The highest BCUT2D eigenvalue weighted by Gasteiger charge is 2.28. The van der Waals surface area contributed by atoms with Gasteiger partial charge in [0.2, 0.25) is 5.95 Å². The van der Waals surface area contributed by atoms with Crippen molar-refractivity contribution in [3.05, 3.63) is 41.6 Å². The van der Waals surface area contributed by atoms with Crippen molar-refractivity contribution in [2.24, 2.45) is 0 Å². The molecule has 0 bridgehead atoms. The van der Waals surface area contributed by atoms with E-state index in [9.17, 15) is 17.2 Å². The highest BCUT2D eigenvalue weighted by molar-refractivity contribution is 7.91. The summed E-state index contributed by atoms with van der Waals surface area (Å²) in [7, 11) is -3.00. The molecule has 0 aliphatic carbocycles. The first-order chi connectivity index (χ1) is 11.3. The minimum Gasteiger partial charge on any atom is -0.366 e. The predicted molar refractivity (Wildman–Crippen MR) is 87.1 cm³/mol. The molecule has 0 spiro atoms. The molecule has 1 unspecified atom stereocenters. The molecule has 0 saturated carbocycles. The number of nitrogens with zero attached hydrogens (tertiary/aromatic N) is 2. The molecule has 1 aromatic carbocycles. The first-order valence-electron chi connectivity index (χ1n) is 7.35. The molecule has 1 aliphatic heterocycles. The van der Waals surface area contributed by atoms with E-state index in [2.05, 4.69) is 20.6 Å². The van der Waals surface area contributed by atoms with Gasteiger partial charge in [0, 0.05) is 23.9 Å². The summed E-state index contributed by atoms with van der Waals surface area (Å²) in [5, 5.41) is 5.76. The van der Waals surface area contributed by atoms with Crippen molar-refractivity contribution in [3.63, 3.8) is 0 Å². The molecule has 128 valence electrons. The number of sulfone groups is 1. The molecule has 3 rings (SSSR count). The van der Waals surface area contributed by atoms with Gasteiger partial charge in [-0.3, -0.25) is 0 Å². The Kier molecular flexibility index (Phi) is 4.35. The molecule has 9 heteroatoms. The van der Waals surface area contributed by atoms with Gasteiger partial charge in [-0.15, -0.1) is 0 Å². The van der Waals surface area contributed by atoms with Gasteiger partial charge < -0.3 is 10.6 Å². The fraction of sp³-hybridized carbons (Fsp3) is 0.333. The van der Waals surface area contributed by atoms with Crippen LogP contribution in [0.5, 0.6) is 0 Å². The summed E-state index contributed by atoms with van der Waals surface area (Å²) in [5.41, 5.74) is 0.676. The second-order valence-electron chi connectivity index (χ2n) is 5.71. The van der Waals surface area contributed by atoms with Crippen molar-refractivity contribution >= 4 is 27.3 Å². The summed E-state index contributed by atoms with van der Waals surface area (Å²) in [4.78, 5) is 8.37. The number of aryl methyl sites for hydroxylation is 1. The van der Waals surface area contributed by atoms with E-state index in [1.165, 1.54) is 6.07 Å². The minimum absolute atomic E-state index is 0.0522. The minimum atomic E-state index is -3.00. The third kappa shape index (κ3) is 3.97. The maximum atomic E-state index is 13.7. The lowest BCUT2D eigenvalue weighted by Crippen LogP contribution is -2.21. The lowest BCUT2D eigenvalue weighted by Gasteiger charge is -2.14. The van der Waals surface area contributed by atoms with Crippen molar-refractivity contribution in [1.82, 2.24) is 9.97 Å². The molecule has 24 heavy (non-hydrogen) atoms. The highest BCUT2D eigenvalue weighted by Crippen LogP contribution is 2.21. The lowest BCUT2D eigenvalue weighted by molar-refractivity contribution is 0.585. The molecule has 0 amide bonds. The van der Waals surface area contributed by atoms with E-state index < -0.39 is 21.5 Å². The molecule has 2 aromatic rings. The molecular formula is C15H16F2N4O2S. The molecule has 6 nitrogen and oxygen atoms in total. The number of nitrogens with one attached hydrogen (secondary N) is 2. The van der Waals surface area contributed by atoms with Crippen LogP contribution in [-0.2, 0) is 9.84 Å². The molecule has 1 atom stereocenters. The van der Waals surface area contributed by atoms with Crippen LogP contribution in [0.3, 0.4) is 0 Å². The van der Waals surface area contributed by atoms with E-state index in [-0.39, 0.29) is 29.2 Å². The Labute approximate surface area is 138 Å². The number of aromatic nitrogens is 2. The second kappa shape index (κ2) is 6.31. The number of anilines is 3. The summed E-state index contributed by atoms with van der Waals surface area (Å²) in [5.74, 6) is -0.616. The SMILES string of the molecule is Cc1cc(NC2CCS(=O)(=O)C2)nc(Nc2ccc(F)cc2F)n1. The first-order valence-corrected chi connectivity index (χ1v) is 9.17. The van der Waals surface area contributed by atoms with Gasteiger partial charge in [0.25, 0.3) is 0 Å². The normalized spacial score (nSPS) is 19.2. The molecular weight excluding hydrogens is 338 g/mol. The van der Waals surface area contributed by atoms with Crippen molar-refractivity contribution < 1.29 is 17.2 Å².